The van der Waals surface area contributed by atoms with Crippen molar-refractivity contribution in [2.75, 3.05) is 22.8 Å². The lowest BCUT2D eigenvalue weighted by Crippen LogP contribution is -2.20. The molecule has 6 rings (SSSR count). The van der Waals surface area contributed by atoms with E-state index in [9.17, 15) is 48.4 Å². The number of benzene rings is 4. The van der Waals surface area contributed by atoms with Crippen LogP contribution in [0.2, 0.25) is 0 Å². The third-order valence-corrected chi connectivity index (χ3v) is 11.1. The molecule has 4 aromatic carbocycles. The lowest BCUT2D eigenvalue weighted by Gasteiger charge is -2.25. The van der Waals surface area contributed by atoms with E-state index in [-0.39, 0.29) is 67.2 Å². The molecule has 2 heterocycles. The van der Waals surface area contributed by atoms with Gasteiger partial charge >= 0.3 is 21.0 Å². The molecule has 0 aliphatic carbocycles. The van der Waals surface area contributed by atoms with Gasteiger partial charge in [0, 0.05) is 38.6 Å². The second-order valence-electron chi connectivity index (χ2n) is 11.8. The number of ether oxygens (including phenoxy) is 4. The van der Waals surface area contributed by atoms with E-state index < -0.39 is 55.0 Å². The second kappa shape index (κ2) is 20.4. The molecule has 64 heavy (non-hydrogen) atoms. The Kier molecular flexibility index (Phi) is 15.0. The van der Waals surface area contributed by atoms with Crippen molar-refractivity contribution < 1.29 is 76.4 Å². The van der Waals surface area contributed by atoms with E-state index in [4.69, 9.17) is 18.5 Å². The van der Waals surface area contributed by atoms with Gasteiger partial charge in [-0.25, -0.2) is 27.6 Å². The summed E-state index contributed by atoms with van der Waals surface area (Å²) in [4.78, 5) is 8.42. The maximum Gasteiger partial charge on any atom is 0.805 e. The number of methoxy groups -OCH3 is 2. The first-order valence-corrected chi connectivity index (χ1v) is 21.9. The Balaban J connectivity index is 1.14. The average molecular weight is 984 g/mol. The Morgan fingerprint density at radius 2 is 1.02 bits per heavy atom. The molecule has 6 aromatic rings. The smallest absolute Gasteiger partial charge is 0.755 e. The van der Waals surface area contributed by atoms with Gasteiger partial charge in [-0.3, -0.25) is 8.42 Å². The van der Waals surface area contributed by atoms with Gasteiger partial charge in [-0.15, -0.1) is 49.0 Å². The van der Waals surface area contributed by atoms with Crippen LogP contribution in [0.4, 0.5) is 49.4 Å². The Hall–Kier alpha value is -6.44. The molecular weight excluding hydrogens is 962 g/mol. The van der Waals surface area contributed by atoms with E-state index >= 15 is 0 Å². The summed E-state index contributed by atoms with van der Waals surface area (Å²) in [6.45, 7) is 0. The van der Waals surface area contributed by atoms with E-state index in [1.165, 1.54) is 85.6 Å². The van der Waals surface area contributed by atoms with E-state index in [1.807, 2.05) is 0 Å². The molecule has 0 saturated heterocycles. The maximum atomic E-state index is 13.0. The minimum Gasteiger partial charge on any atom is -0.755 e. The van der Waals surface area contributed by atoms with Gasteiger partial charge in [-0.2, -0.15) is 0 Å². The molecule has 0 amide bonds. The van der Waals surface area contributed by atoms with Gasteiger partial charge in [-0.05, 0) is 72.5 Å². The summed E-state index contributed by atoms with van der Waals surface area (Å²) >= 11 is -4.06. The summed E-state index contributed by atoms with van der Waals surface area (Å²) < 4.78 is 169. The topological polar surface area (TPSA) is 185 Å². The van der Waals surface area contributed by atoms with Crippen LogP contribution in [0, 0.1) is 23.7 Å². The molecule has 0 aliphatic rings. The largest absolute Gasteiger partial charge is 0.805 e. The third-order valence-electron chi connectivity index (χ3n) is 7.56. The van der Waals surface area contributed by atoms with Crippen molar-refractivity contribution in [1.82, 2.24) is 9.97 Å². The third kappa shape index (κ3) is 12.8. The van der Waals surface area contributed by atoms with Gasteiger partial charge in [-0.1, -0.05) is 24.0 Å². The molecule has 332 valence electrons. The fourth-order valence-corrected chi connectivity index (χ4v) is 8.26. The molecule has 2 atom stereocenters. The monoisotopic (exact) mass is 983 g/mol. The highest BCUT2D eigenvalue weighted by Crippen LogP contribution is 2.42. The van der Waals surface area contributed by atoms with Crippen molar-refractivity contribution in [2.24, 2.45) is 0 Å². The van der Waals surface area contributed by atoms with Gasteiger partial charge in [0.2, 0.25) is 0 Å². The molecule has 0 spiro atoms. The molecule has 0 bridgehead atoms. The first-order chi connectivity index (χ1) is 30.4. The van der Waals surface area contributed by atoms with Crippen LogP contribution in [0.15, 0.2) is 95.7 Å². The van der Waals surface area contributed by atoms with Crippen molar-refractivity contribution in [3.63, 3.8) is 0 Å². The van der Waals surface area contributed by atoms with Crippen molar-refractivity contribution in [2.45, 2.75) is 12.7 Å². The van der Waals surface area contributed by atoms with Crippen LogP contribution in [0.25, 0.3) is 0 Å². The van der Waals surface area contributed by atoms with E-state index in [1.54, 1.807) is 0 Å². The summed E-state index contributed by atoms with van der Waals surface area (Å²) in [5.41, 5.74) is 0.241. The summed E-state index contributed by atoms with van der Waals surface area (Å²) in [6, 6.07) is 17.3. The molecule has 26 heteroatoms. The number of alkyl halides is 6. The quantitative estimate of drug-likeness (QED) is 0.0436. The maximum absolute atomic E-state index is 13.0. The van der Waals surface area contributed by atoms with Crippen LogP contribution in [0.5, 0.6) is 34.5 Å². The molecule has 0 fully saturated rings. The first kappa shape index (κ1) is 47.0. The van der Waals surface area contributed by atoms with Gasteiger partial charge in [0.1, 0.15) is 23.0 Å². The lowest BCUT2D eigenvalue weighted by atomic mass is 10.2. The Bertz CT molecular complexity index is 2670. The predicted molar refractivity (Wildman–Crippen MR) is 219 cm³/mol. The van der Waals surface area contributed by atoms with Gasteiger partial charge in [0.25, 0.3) is 0 Å². The van der Waals surface area contributed by atoms with E-state index in [0.29, 0.717) is 0 Å². The summed E-state index contributed by atoms with van der Waals surface area (Å²) in [5.74, 6) is 9.09. The molecule has 0 aliphatic heterocycles. The number of nitrogens with zero attached hydrogens (tertiary/aromatic N) is 4. The van der Waals surface area contributed by atoms with Gasteiger partial charge in [0.05, 0.1) is 48.1 Å². The molecule has 0 N–H and O–H groups in total. The van der Waals surface area contributed by atoms with Crippen LogP contribution < -0.4 is 36.6 Å². The summed E-state index contributed by atoms with van der Waals surface area (Å²) in [5, 5.41) is 2.96. The molecular formula is C38H22F6N4O11PS4-. The fraction of sp³-hybridized carbons (Fsp3) is 0.105. The second-order valence-corrected chi connectivity index (χ2v) is 15.9. The molecule has 15 nitrogen and oxygen atoms in total. The molecule has 2 unspecified atom stereocenters. The zero-order chi connectivity index (χ0) is 46.2. The Labute approximate surface area is 371 Å². The molecule has 2 aromatic heterocycles. The van der Waals surface area contributed by atoms with Crippen LogP contribution in [-0.4, -0.2) is 54.4 Å². The predicted octanol–water partition coefficient (Wildman–Crippen LogP) is 9.19. The van der Waals surface area contributed by atoms with Crippen LogP contribution in [0.3, 0.4) is 0 Å². The zero-order valence-corrected chi connectivity index (χ0v) is 36.0. The number of rotatable bonds is 14. The van der Waals surface area contributed by atoms with Gasteiger partial charge in [0.15, 0.2) is 33.1 Å². The van der Waals surface area contributed by atoms with Gasteiger partial charge < -0.3 is 28.1 Å². The van der Waals surface area contributed by atoms with Crippen molar-refractivity contribution in [3.05, 3.63) is 117 Å². The van der Waals surface area contributed by atoms with Crippen LogP contribution in [0.1, 0.15) is 21.1 Å². The average Bonchev–Trinajstić information content (AvgIpc) is 3.89. The number of anilines is 4. The first-order valence-electron chi connectivity index (χ1n) is 17.0. The zero-order valence-electron chi connectivity index (χ0n) is 31.9. The summed E-state index contributed by atoms with van der Waals surface area (Å²) in [7, 11) is -0.544. The highest BCUT2D eigenvalue weighted by Gasteiger charge is 2.32. The highest BCUT2D eigenvalue weighted by molar-refractivity contribution is 7.81. The standard InChI is InChI=1S/C38H23F6N4O11PS4/c1-54-31-19-27(11-13-29(31)47(63(50)51)33-21-61-35(45-33)15-9-23-5-3-7-25(17-23)56-37(39,40)41)58-60(49)59-28-12-14-30(32(20-28)55-2)48(64(52)53)34-22-62-36(46-34)16-10-24-6-4-8-26(18-24)57-38(42,43)44/h3-8,11-14,17-22H,1-2H3,(H-,50,51,52,53)/p-1. The minimum absolute atomic E-state index is 0.0502. The van der Waals surface area contributed by atoms with E-state index in [2.05, 4.69) is 43.1 Å². The Morgan fingerprint density at radius 1 is 0.609 bits per heavy atom. The van der Waals surface area contributed by atoms with Crippen molar-refractivity contribution in [1.29, 1.82) is 0 Å². The van der Waals surface area contributed by atoms with Crippen molar-refractivity contribution in [3.8, 4) is 58.2 Å². The number of thiazole rings is 2. The normalized spacial score (nSPS) is 12.3. The number of halogens is 6. The number of hydrogen-bond acceptors (Lipinski definition) is 15. The summed E-state index contributed by atoms with van der Waals surface area (Å²) in [6.07, 6.45) is -9.80. The molecule has 0 radical (unpaired) electrons. The SMILES string of the molecule is COc1cc(O[P+](=O)Oc2ccc(N(c3csc(C#Cc4cccc(OC(F)(F)F)c4)n3)S(=O)[O-])c(OC)c2)ccc1N(c1csc(C#Cc2cccc(OC(F)(F)F)c2)n1)S(=O)[O-]. The molecule has 0 saturated carbocycles. The van der Waals surface area contributed by atoms with Crippen LogP contribution in [-0.2, 0) is 27.1 Å². The van der Waals surface area contributed by atoms with Crippen molar-refractivity contribution >= 4 is 76.5 Å². The number of hydrogen-bond donors (Lipinski definition) is 0. The highest BCUT2D eigenvalue weighted by atomic mass is 32.2. The van der Waals surface area contributed by atoms with Crippen LogP contribution >= 0.6 is 30.9 Å². The Morgan fingerprint density at radius 3 is 1.38 bits per heavy atom. The minimum atomic E-state index is -4.90. The fourth-order valence-electron chi connectivity index (χ4n) is 5.14. The number of aromatic nitrogens is 2. The van der Waals surface area contributed by atoms with E-state index in [0.717, 1.165) is 55.5 Å². The lowest BCUT2D eigenvalue weighted by molar-refractivity contribution is -0.275.